The van der Waals surface area contributed by atoms with E-state index in [1.54, 1.807) is 0 Å². The first kappa shape index (κ1) is 13.2. The van der Waals surface area contributed by atoms with Gasteiger partial charge >= 0.3 is 0 Å². The first-order chi connectivity index (χ1) is 8.79. The predicted octanol–water partition coefficient (Wildman–Crippen LogP) is 1.42. The Balaban J connectivity index is 1.76. The zero-order chi connectivity index (χ0) is 12.8. The molecule has 0 aromatic carbocycles. The van der Waals surface area contributed by atoms with Crippen molar-refractivity contribution in [3.63, 3.8) is 0 Å². The summed E-state index contributed by atoms with van der Waals surface area (Å²) >= 11 is 0. The molecule has 1 aliphatic rings. The topological polar surface area (TPSA) is 47.5 Å². The third-order valence-electron chi connectivity index (χ3n) is 2.98. The van der Waals surface area contributed by atoms with Gasteiger partial charge in [0, 0.05) is 32.1 Å². The first-order valence-electron chi connectivity index (χ1n) is 6.52. The van der Waals surface area contributed by atoms with Gasteiger partial charge in [-0.1, -0.05) is 0 Å². The van der Waals surface area contributed by atoms with Gasteiger partial charge < -0.3 is 14.4 Å². The van der Waals surface area contributed by atoms with Crippen LogP contribution in [0.4, 0.5) is 5.95 Å². The molecule has 18 heavy (non-hydrogen) atoms. The summed E-state index contributed by atoms with van der Waals surface area (Å²) < 4.78 is 11.0. The first-order valence-corrected chi connectivity index (χ1v) is 6.52. The van der Waals surface area contributed by atoms with Crippen molar-refractivity contribution < 1.29 is 9.47 Å². The molecule has 0 saturated carbocycles. The molecule has 2 heterocycles. The summed E-state index contributed by atoms with van der Waals surface area (Å²) in [5.74, 6) is 0.802. The summed E-state index contributed by atoms with van der Waals surface area (Å²) in [6.07, 6.45) is 5.01. The second-order valence-corrected chi connectivity index (χ2v) is 4.48. The Bertz CT molecular complexity index is 356. The maximum absolute atomic E-state index is 5.76. The zero-order valence-electron chi connectivity index (χ0n) is 11.1. The van der Waals surface area contributed by atoms with Gasteiger partial charge in [-0.3, -0.25) is 0 Å². The van der Waals surface area contributed by atoms with Gasteiger partial charge in [-0.2, -0.15) is 0 Å². The fourth-order valence-electron chi connectivity index (χ4n) is 2.01. The molecule has 0 aliphatic carbocycles. The Morgan fingerprint density at radius 2 is 2.11 bits per heavy atom. The maximum atomic E-state index is 5.76. The molecular formula is C13H21N3O2. The van der Waals surface area contributed by atoms with E-state index in [2.05, 4.69) is 14.9 Å². The van der Waals surface area contributed by atoms with Crippen molar-refractivity contribution in [1.82, 2.24) is 9.97 Å². The molecule has 5 nitrogen and oxygen atoms in total. The van der Waals surface area contributed by atoms with Crippen molar-refractivity contribution in [1.29, 1.82) is 0 Å². The lowest BCUT2D eigenvalue weighted by molar-refractivity contribution is 0.0169. The molecule has 0 unspecified atom stereocenters. The Morgan fingerprint density at radius 1 is 1.33 bits per heavy atom. The highest BCUT2D eigenvalue weighted by Crippen LogP contribution is 2.17. The fraction of sp³-hybridized carbons (Fsp3) is 0.692. The average Bonchev–Trinajstić information content (AvgIpc) is 2.84. The van der Waals surface area contributed by atoms with Crippen LogP contribution in [0.2, 0.25) is 0 Å². The molecule has 2 rings (SSSR count). The van der Waals surface area contributed by atoms with Crippen molar-refractivity contribution in [3.05, 3.63) is 18.0 Å². The van der Waals surface area contributed by atoms with Gasteiger partial charge in [0.2, 0.25) is 5.95 Å². The van der Waals surface area contributed by atoms with E-state index in [0.717, 1.165) is 37.6 Å². The monoisotopic (exact) mass is 251 g/mol. The summed E-state index contributed by atoms with van der Waals surface area (Å²) in [6.45, 7) is 7.91. The summed E-state index contributed by atoms with van der Waals surface area (Å²) in [4.78, 5) is 10.8. The molecule has 1 aliphatic heterocycles. The number of aryl methyl sites for hydroxylation is 1. The summed E-state index contributed by atoms with van der Waals surface area (Å²) in [5, 5.41) is 0. The quantitative estimate of drug-likeness (QED) is 0.716. The van der Waals surface area contributed by atoms with E-state index in [4.69, 9.17) is 9.47 Å². The predicted molar refractivity (Wildman–Crippen MR) is 69.8 cm³/mol. The molecule has 100 valence electrons. The summed E-state index contributed by atoms with van der Waals surface area (Å²) in [5.41, 5.74) is 1.09. The lowest BCUT2D eigenvalue weighted by Gasteiger charge is -2.16. The Labute approximate surface area is 108 Å². The zero-order valence-corrected chi connectivity index (χ0v) is 11.1. The smallest absolute Gasteiger partial charge is 0.225 e. The lowest BCUT2D eigenvalue weighted by atomic mass is 10.3. The standard InChI is InChI=1S/C13H21N3O2/c1-3-17-6-7-18-12-4-5-16(10-12)13-14-8-11(2)9-15-13/h8-9,12H,3-7,10H2,1-2H3/t12-/m1/s1. The Morgan fingerprint density at radius 3 is 2.83 bits per heavy atom. The minimum Gasteiger partial charge on any atom is -0.379 e. The molecule has 0 bridgehead atoms. The van der Waals surface area contributed by atoms with Gasteiger partial charge in [-0.05, 0) is 25.8 Å². The van der Waals surface area contributed by atoms with Crippen LogP contribution in [0.25, 0.3) is 0 Å². The van der Waals surface area contributed by atoms with Crippen molar-refractivity contribution in [2.24, 2.45) is 0 Å². The van der Waals surface area contributed by atoms with E-state index in [1.807, 2.05) is 26.2 Å². The summed E-state index contributed by atoms with van der Waals surface area (Å²) in [7, 11) is 0. The van der Waals surface area contributed by atoms with Crippen molar-refractivity contribution >= 4 is 5.95 Å². The molecule has 1 aromatic rings. The van der Waals surface area contributed by atoms with Crippen molar-refractivity contribution in [3.8, 4) is 0 Å². The number of ether oxygens (including phenoxy) is 2. The molecule has 1 aromatic heterocycles. The van der Waals surface area contributed by atoms with Crippen molar-refractivity contribution in [2.45, 2.75) is 26.4 Å². The summed E-state index contributed by atoms with van der Waals surface area (Å²) in [6, 6.07) is 0. The number of anilines is 1. The lowest BCUT2D eigenvalue weighted by Crippen LogP contribution is -2.25. The van der Waals surface area contributed by atoms with E-state index < -0.39 is 0 Å². The number of rotatable bonds is 6. The van der Waals surface area contributed by atoms with Crippen LogP contribution in [0, 0.1) is 6.92 Å². The molecule has 0 amide bonds. The Kier molecular flexibility index (Phi) is 4.90. The number of nitrogens with zero attached hydrogens (tertiary/aromatic N) is 3. The normalized spacial score (nSPS) is 19.4. The molecular weight excluding hydrogens is 230 g/mol. The van der Waals surface area contributed by atoms with E-state index in [0.29, 0.717) is 13.2 Å². The third-order valence-corrected chi connectivity index (χ3v) is 2.98. The highest BCUT2D eigenvalue weighted by molar-refractivity contribution is 5.31. The van der Waals surface area contributed by atoms with Gasteiger partial charge in [-0.25, -0.2) is 9.97 Å². The van der Waals surface area contributed by atoms with Crippen LogP contribution >= 0.6 is 0 Å². The number of hydrogen-bond donors (Lipinski definition) is 0. The molecule has 1 atom stereocenters. The largest absolute Gasteiger partial charge is 0.379 e. The second kappa shape index (κ2) is 6.66. The second-order valence-electron chi connectivity index (χ2n) is 4.48. The van der Waals surface area contributed by atoms with Gasteiger partial charge in [0.1, 0.15) is 0 Å². The number of hydrogen-bond acceptors (Lipinski definition) is 5. The van der Waals surface area contributed by atoms with Crippen LogP contribution in [0.5, 0.6) is 0 Å². The van der Waals surface area contributed by atoms with Crippen LogP contribution < -0.4 is 4.90 Å². The average molecular weight is 251 g/mol. The van der Waals surface area contributed by atoms with E-state index in [1.165, 1.54) is 0 Å². The van der Waals surface area contributed by atoms with Gasteiger partial charge in [-0.15, -0.1) is 0 Å². The highest BCUT2D eigenvalue weighted by Gasteiger charge is 2.24. The molecule has 5 heteroatoms. The molecule has 0 spiro atoms. The molecule has 1 fully saturated rings. The molecule has 0 radical (unpaired) electrons. The van der Waals surface area contributed by atoms with E-state index in [-0.39, 0.29) is 6.10 Å². The third kappa shape index (κ3) is 3.65. The minimum absolute atomic E-state index is 0.273. The van der Waals surface area contributed by atoms with Crippen LogP contribution in [0.15, 0.2) is 12.4 Å². The molecule has 0 N–H and O–H groups in total. The van der Waals surface area contributed by atoms with Gasteiger partial charge in [0.05, 0.1) is 19.3 Å². The maximum Gasteiger partial charge on any atom is 0.225 e. The number of aromatic nitrogens is 2. The van der Waals surface area contributed by atoms with Crippen LogP contribution in [-0.2, 0) is 9.47 Å². The highest BCUT2D eigenvalue weighted by atomic mass is 16.5. The van der Waals surface area contributed by atoms with Crippen LogP contribution in [0.1, 0.15) is 18.9 Å². The minimum atomic E-state index is 0.273. The van der Waals surface area contributed by atoms with Crippen molar-refractivity contribution in [2.75, 3.05) is 37.8 Å². The van der Waals surface area contributed by atoms with Gasteiger partial charge in [0.15, 0.2) is 0 Å². The van der Waals surface area contributed by atoms with Crippen LogP contribution in [-0.4, -0.2) is 49.0 Å². The van der Waals surface area contributed by atoms with Crippen LogP contribution in [0.3, 0.4) is 0 Å². The SMILES string of the molecule is CCOCCO[C@@H]1CCN(c2ncc(C)cn2)C1. The van der Waals surface area contributed by atoms with Gasteiger partial charge in [0.25, 0.3) is 0 Å². The molecule has 1 saturated heterocycles. The fourth-order valence-corrected chi connectivity index (χ4v) is 2.01. The van der Waals surface area contributed by atoms with E-state index in [9.17, 15) is 0 Å². The Hall–Kier alpha value is -1.20. The van der Waals surface area contributed by atoms with E-state index >= 15 is 0 Å².